The Balaban J connectivity index is 1.47. The first kappa shape index (κ1) is 32.5. The average Bonchev–Trinajstić information content (AvgIpc) is 3.68. The van der Waals surface area contributed by atoms with Crippen LogP contribution in [0.4, 0.5) is 0 Å². The Morgan fingerprint density at radius 2 is 0.909 bits per heavy atom. The van der Waals surface area contributed by atoms with Gasteiger partial charge >= 0.3 is 0 Å². The van der Waals surface area contributed by atoms with Gasteiger partial charge in [-0.3, -0.25) is 14.4 Å². The van der Waals surface area contributed by atoms with Gasteiger partial charge in [0.25, 0.3) is 11.8 Å². The van der Waals surface area contributed by atoms with Crippen LogP contribution in [-0.4, -0.2) is 22.5 Å². The molecule has 5 heteroatoms. The normalized spacial score (nSPS) is 20.5. The molecule has 3 aliphatic rings. The van der Waals surface area contributed by atoms with Gasteiger partial charge in [-0.25, -0.2) is 4.90 Å². The number of rotatable bonds is 6. The summed E-state index contributed by atoms with van der Waals surface area (Å²) in [5, 5.41) is 0. The minimum Gasteiger partial charge on any atom is -0.460 e. The number of nitrogens with zero attached hydrogens (tertiary/aromatic N) is 1. The number of carbonyl (C=O) groups excluding carboxylic acids is 3. The van der Waals surface area contributed by atoms with Crippen LogP contribution in [0.2, 0.25) is 0 Å². The lowest BCUT2D eigenvalue weighted by atomic mass is 9.50. The number of hydrogen-bond donors (Lipinski definition) is 0. The van der Waals surface area contributed by atoms with E-state index in [-0.39, 0.29) is 5.57 Å². The molecule has 5 nitrogen and oxygen atoms in total. The highest BCUT2D eigenvalue weighted by atomic mass is 16.5. The zero-order valence-electron chi connectivity index (χ0n) is 29.6. The molecule has 0 bridgehead atoms. The predicted octanol–water partition coefficient (Wildman–Crippen LogP) is 9.59. The van der Waals surface area contributed by atoms with Crippen LogP contribution in [0.25, 0.3) is 22.5 Å². The molecule has 55 heavy (non-hydrogen) atoms. The zero-order chi connectivity index (χ0) is 37.2. The van der Waals surface area contributed by atoms with Crippen LogP contribution in [0.15, 0.2) is 200 Å². The zero-order valence-corrected chi connectivity index (χ0v) is 29.6. The number of benzene rings is 7. The van der Waals surface area contributed by atoms with Crippen molar-refractivity contribution in [3.63, 3.8) is 0 Å². The molecule has 262 valence electrons. The molecule has 0 saturated carbocycles. The van der Waals surface area contributed by atoms with Crippen LogP contribution in [0.5, 0.6) is 0 Å². The van der Waals surface area contributed by atoms with Gasteiger partial charge in [-0.2, -0.15) is 0 Å². The fourth-order valence-corrected chi connectivity index (χ4v) is 9.62. The van der Waals surface area contributed by atoms with E-state index in [1.165, 1.54) is 4.90 Å². The molecule has 0 radical (unpaired) electrons. The molecular weight excluding hydrogens is 679 g/mol. The quantitative estimate of drug-likeness (QED) is 0.0980. The van der Waals surface area contributed by atoms with Crippen molar-refractivity contribution in [1.82, 2.24) is 4.90 Å². The monoisotopic (exact) mass is 711 g/mol. The summed E-state index contributed by atoms with van der Waals surface area (Å²) in [5.74, 6) is -1.32. The number of ether oxygens (including phenoxy) is 1. The second-order valence-corrected chi connectivity index (χ2v) is 14.1. The number of carbonyl (C=O) groups is 3. The Morgan fingerprint density at radius 3 is 1.45 bits per heavy atom. The lowest BCUT2D eigenvalue weighted by Crippen LogP contribution is -2.63. The third-order valence-electron chi connectivity index (χ3n) is 11.6. The van der Waals surface area contributed by atoms with Crippen LogP contribution in [0.3, 0.4) is 0 Å². The number of imide groups is 1. The van der Waals surface area contributed by atoms with Crippen LogP contribution in [0, 0.1) is 0 Å². The molecule has 1 fully saturated rings. The highest BCUT2D eigenvalue weighted by molar-refractivity contribution is 6.35. The minimum atomic E-state index is -2.06. The molecule has 1 saturated heterocycles. The largest absolute Gasteiger partial charge is 0.460 e. The van der Waals surface area contributed by atoms with Gasteiger partial charge in [0.1, 0.15) is 11.2 Å². The maximum Gasteiger partial charge on any atom is 0.268 e. The van der Waals surface area contributed by atoms with Crippen molar-refractivity contribution in [2.75, 3.05) is 0 Å². The summed E-state index contributed by atoms with van der Waals surface area (Å²) in [6.45, 7) is 0. The van der Waals surface area contributed by atoms with E-state index in [9.17, 15) is 0 Å². The molecule has 0 unspecified atom stereocenters. The van der Waals surface area contributed by atoms with Gasteiger partial charge in [-0.05, 0) is 33.4 Å². The Kier molecular flexibility index (Phi) is 7.23. The number of ketones is 1. The van der Waals surface area contributed by atoms with Gasteiger partial charge in [0.2, 0.25) is 5.72 Å². The van der Waals surface area contributed by atoms with Crippen LogP contribution in [-0.2, 0) is 30.9 Å². The molecule has 1 aliphatic carbocycles. The van der Waals surface area contributed by atoms with E-state index < -0.39 is 34.2 Å². The van der Waals surface area contributed by atoms with Crippen molar-refractivity contribution >= 4 is 28.9 Å². The second-order valence-electron chi connectivity index (χ2n) is 14.1. The predicted molar refractivity (Wildman–Crippen MR) is 212 cm³/mol. The third kappa shape index (κ3) is 4.10. The smallest absolute Gasteiger partial charge is 0.268 e. The van der Waals surface area contributed by atoms with Crippen molar-refractivity contribution in [2.24, 2.45) is 0 Å². The molecule has 7 aromatic carbocycles. The molecule has 7 aromatic rings. The molecule has 2 aliphatic heterocycles. The van der Waals surface area contributed by atoms with Gasteiger partial charge in [-0.15, -0.1) is 0 Å². The maximum absolute atomic E-state index is 16.6. The Labute approximate surface area is 318 Å². The summed E-state index contributed by atoms with van der Waals surface area (Å²) in [6, 6.07) is 62.5. The summed E-state index contributed by atoms with van der Waals surface area (Å²) in [5.41, 5.74) is 0.357. The SMILES string of the molecule is O=C1C(c2ccccc2)=C(c2ccccc2)O[C@@]2(c3ccccc3)N1C(=O)[C@@](C(=O)c1ccccc1)(c1ccccc1)C21c2ccccc2-c2ccccc21. The Morgan fingerprint density at radius 1 is 0.473 bits per heavy atom. The van der Waals surface area contributed by atoms with E-state index in [4.69, 9.17) is 4.74 Å². The van der Waals surface area contributed by atoms with E-state index in [1.54, 1.807) is 24.3 Å². The molecular formula is C50H33NO4. The van der Waals surface area contributed by atoms with Crippen molar-refractivity contribution in [1.29, 1.82) is 0 Å². The number of Topliss-reactive ketones (excluding diaryl/α,β-unsaturated/α-hetero) is 1. The fourth-order valence-electron chi connectivity index (χ4n) is 9.62. The Hall–Kier alpha value is -7.11. The number of fused-ring (bicyclic) bond motifs is 7. The minimum absolute atomic E-state index is 0.234. The highest BCUT2D eigenvalue weighted by Gasteiger charge is 2.86. The van der Waals surface area contributed by atoms with E-state index in [1.807, 2.05) is 176 Å². The van der Waals surface area contributed by atoms with Gasteiger partial charge in [0.15, 0.2) is 11.2 Å². The highest BCUT2D eigenvalue weighted by Crippen LogP contribution is 2.73. The maximum atomic E-state index is 16.6. The summed E-state index contributed by atoms with van der Waals surface area (Å²) >= 11 is 0. The van der Waals surface area contributed by atoms with Crippen LogP contribution < -0.4 is 0 Å². The summed E-state index contributed by atoms with van der Waals surface area (Å²) in [7, 11) is 0. The topological polar surface area (TPSA) is 63.7 Å². The fraction of sp³-hybridized carbons (Fsp3) is 0.0600. The van der Waals surface area contributed by atoms with Crippen LogP contribution in [0.1, 0.15) is 43.7 Å². The first-order valence-corrected chi connectivity index (χ1v) is 18.4. The van der Waals surface area contributed by atoms with Crippen molar-refractivity contribution in [3.8, 4) is 11.1 Å². The Bertz CT molecular complexity index is 2630. The number of hydrogen-bond acceptors (Lipinski definition) is 4. The standard InChI is InChI=1S/C50H33NO4/c52-45(36-24-10-3-11-25-36)48(37-26-12-4-13-27-37)47(54)51-46(53)43(34-20-6-1-7-21-34)44(35-22-8-2-9-23-35)55-50(51,38-28-14-5-15-29-38)49(48)41-32-18-16-30-39(41)40-31-17-19-33-42(40)49/h1-33H/t48-,50+/m0/s1. The van der Waals surface area contributed by atoms with Crippen molar-refractivity contribution in [2.45, 2.75) is 16.6 Å². The van der Waals surface area contributed by atoms with Gasteiger partial charge < -0.3 is 4.74 Å². The van der Waals surface area contributed by atoms with E-state index in [2.05, 4.69) is 0 Å². The van der Waals surface area contributed by atoms with Gasteiger partial charge in [0, 0.05) is 16.7 Å². The summed E-state index contributed by atoms with van der Waals surface area (Å²) < 4.78 is 7.80. The number of amides is 2. The lowest BCUT2D eigenvalue weighted by molar-refractivity contribution is -0.169. The van der Waals surface area contributed by atoms with Crippen LogP contribution >= 0.6 is 0 Å². The summed E-state index contributed by atoms with van der Waals surface area (Å²) in [6.07, 6.45) is 0. The molecule has 0 aromatic heterocycles. The molecule has 1 spiro atoms. The van der Waals surface area contributed by atoms with E-state index in [0.717, 1.165) is 11.1 Å². The van der Waals surface area contributed by atoms with Gasteiger partial charge in [-0.1, -0.05) is 200 Å². The molecule has 2 amide bonds. The van der Waals surface area contributed by atoms with Gasteiger partial charge in [0.05, 0.1) is 5.57 Å². The first-order valence-electron chi connectivity index (χ1n) is 18.4. The molecule has 2 heterocycles. The third-order valence-corrected chi connectivity index (χ3v) is 11.6. The lowest BCUT2D eigenvalue weighted by Gasteiger charge is -2.53. The summed E-state index contributed by atoms with van der Waals surface area (Å²) in [4.78, 5) is 50.3. The molecule has 10 rings (SSSR count). The van der Waals surface area contributed by atoms with E-state index >= 15 is 14.4 Å². The average molecular weight is 712 g/mol. The van der Waals surface area contributed by atoms with E-state index in [0.29, 0.717) is 44.7 Å². The second kappa shape index (κ2) is 12.2. The molecule has 0 N–H and O–H groups in total. The molecule has 2 atom stereocenters. The first-order chi connectivity index (χ1) is 27.1. The van der Waals surface area contributed by atoms with Crippen molar-refractivity contribution < 1.29 is 19.1 Å². The van der Waals surface area contributed by atoms with Crippen molar-refractivity contribution in [3.05, 3.63) is 239 Å².